The zero-order chi connectivity index (χ0) is 14.5. The smallest absolute Gasteiger partial charge is 0.269 e. The number of aromatic hydroxyl groups is 1. The molecule has 0 heterocycles. The van der Waals surface area contributed by atoms with Crippen molar-refractivity contribution in [3.63, 3.8) is 0 Å². The Morgan fingerprint density at radius 2 is 1.85 bits per heavy atom. The largest absolute Gasteiger partial charge is 0.508 e. The third-order valence-electron chi connectivity index (χ3n) is 2.70. The maximum atomic E-state index is 10.6. The predicted octanol–water partition coefficient (Wildman–Crippen LogP) is 4.18. The van der Waals surface area contributed by atoms with E-state index in [2.05, 4.69) is 6.58 Å². The summed E-state index contributed by atoms with van der Waals surface area (Å²) >= 11 is 1.49. The minimum Gasteiger partial charge on any atom is -0.508 e. The molecule has 0 spiro atoms. The van der Waals surface area contributed by atoms with Crippen molar-refractivity contribution in [2.45, 2.75) is 16.2 Å². The van der Waals surface area contributed by atoms with Gasteiger partial charge in [-0.15, -0.1) is 6.58 Å². The molecule has 0 bridgehead atoms. The molecule has 4 nitrogen and oxygen atoms in total. The molecule has 0 amide bonds. The van der Waals surface area contributed by atoms with E-state index in [0.29, 0.717) is 6.42 Å². The van der Waals surface area contributed by atoms with Crippen LogP contribution in [0.25, 0.3) is 0 Å². The zero-order valence-electron chi connectivity index (χ0n) is 10.7. The summed E-state index contributed by atoms with van der Waals surface area (Å²) in [5, 5.41) is 20.3. The Balaban J connectivity index is 2.19. The predicted molar refractivity (Wildman–Crippen MR) is 79.2 cm³/mol. The summed E-state index contributed by atoms with van der Waals surface area (Å²) in [6.07, 6.45) is 2.33. The molecule has 2 aromatic rings. The van der Waals surface area contributed by atoms with Gasteiger partial charge < -0.3 is 5.11 Å². The monoisotopic (exact) mass is 287 g/mol. The van der Waals surface area contributed by atoms with Crippen LogP contribution in [-0.4, -0.2) is 10.0 Å². The lowest BCUT2D eigenvalue weighted by molar-refractivity contribution is -0.384. The molecule has 0 unspecified atom stereocenters. The van der Waals surface area contributed by atoms with Crippen molar-refractivity contribution in [2.75, 3.05) is 0 Å². The highest BCUT2D eigenvalue weighted by molar-refractivity contribution is 7.99. The van der Waals surface area contributed by atoms with Crippen LogP contribution in [0.5, 0.6) is 5.75 Å². The van der Waals surface area contributed by atoms with Gasteiger partial charge in [-0.2, -0.15) is 0 Å². The topological polar surface area (TPSA) is 63.4 Å². The van der Waals surface area contributed by atoms with Crippen LogP contribution in [-0.2, 0) is 6.42 Å². The van der Waals surface area contributed by atoms with Crippen molar-refractivity contribution < 1.29 is 10.0 Å². The van der Waals surface area contributed by atoms with Gasteiger partial charge in [-0.25, -0.2) is 0 Å². The van der Waals surface area contributed by atoms with Crippen LogP contribution in [0.15, 0.2) is 64.9 Å². The average molecular weight is 287 g/mol. The van der Waals surface area contributed by atoms with Crippen LogP contribution in [0.4, 0.5) is 5.69 Å². The fraction of sp³-hybridized carbons (Fsp3) is 0.0667. The molecule has 0 saturated carbocycles. The number of hydrogen-bond acceptors (Lipinski definition) is 4. The number of allylic oxidation sites excluding steroid dienone is 1. The highest BCUT2D eigenvalue weighted by atomic mass is 32.2. The Morgan fingerprint density at radius 3 is 2.45 bits per heavy atom. The summed E-state index contributed by atoms with van der Waals surface area (Å²) in [5.41, 5.74) is 0.888. The minimum atomic E-state index is -0.419. The number of nitro groups is 1. The summed E-state index contributed by atoms with van der Waals surface area (Å²) in [7, 11) is 0. The molecule has 0 aliphatic rings. The van der Waals surface area contributed by atoms with Crippen LogP contribution in [0.1, 0.15) is 5.56 Å². The van der Waals surface area contributed by atoms with Gasteiger partial charge in [0.2, 0.25) is 0 Å². The fourth-order valence-corrected chi connectivity index (χ4v) is 2.60. The van der Waals surface area contributed by atoms with Gasteiger partial charge in [0.15, 0.2) is 0 Å². The summed E-state index contributed by atoms with van der Waals surface area (Å²) in [5.74, 6) is 0.248. The van der Waals surface area contributed by atoms with Gasteiger partial charge in [-0.3, -0.25) is 10.1 Å². The molecule has 0 aliphatic heterocycles. The van der Waals surface area contributed by atoms with Crippen molar-refractivity contribution in [3.05, 3.63) is 70.8 Å². The second-order valence-electron chi connectivity index (χ2n) is 4.14. The fourth-order valence-electron chi connectivity index (χ4n) is 1.72. The van der Waals surface area contributed by atoms with Gasteiger partial charge in [-0.1, -0.05) is 17.8 Å². The van der Waals surface area contributed by atoms with Crippen molar-refractivity contribution in [3.8, 4) is 5.75 Å². The number of rotatable bonds is 5. The molecule has 0 aromatic heterocycles. The lowest BCUT2D eigenvalue weighted by Crippen LogP contribution is -1.87. The van der Waals surface area contributed by atoms with Gasteiger partial charge in [0.25, 0.3) is 5.69 Å². The molecular weight excluding hydrogens is 274 g/mol. The summed E-state index contributed by atoms with van der Waals surface area (Å²) in [6, 6.07) is 11.7. The third kappa shape index (κ3) is 3.39. The van der Waals surface area contributed by atoms with Crippen LogP contribution in [0.3, 0.4) is 0 Å². The van der Waals surface area contributed by atoms with E-state index in [1.165, 1.54) is 23.9 Å². The summed E-state index contributed by atoms with van der Waals surface area (Å²) < 4.78 is 0. The Kier molecular flexibility index (Phi) is 4.42. The molecule has 1 N–H and O–H groups in total. The van der Waals surface area contributed by atoms with E-state index >= 15 is 0 Å². The SMILES string of the molecule is C=CCc1cc(Sc2ccc([N+](=O)[O-])cc2)ccc1O. The first kappa shape index (κ1) is 14.1. The maximum absolute atomic E-state index is 10.6. The Morgan fingerprint density at radius 1 is 1.20 bits per heavy atom. The Labute approximate surface area is 120 Å². The number of non-ortho nitro benzene ring substituents is 1. The normalized spacial score (nSPS) is 10.2. The lowest BCUT2D eigenvalue weighted by Gasteiger charge is -2.06. The Hall–Kier alpha value is -2.27. The second kappa shape index (κ2) is 6.25. The minimum absolute atomic E-state index is 0.0763. The van der Waals surface area contributed by atoms with Crippen molar-refractivity contribution >= 4 is 17.4 Å². The van der Waals surface area contributed by atoms with Crippen LogP contribution in [0.2, 0.25) is 0 Å². The molecule has 0 radical (unpaired) electrons. The van der Waals surface area contributed by atoms with Crippen LogP contribution >= 0.6 is 11.8 Å². The maximum Gasteiger partial charge on any atom is 0.269 e. The van der Waals surface area contributed by atoms with E-state index in [0.717, 1.165) is 15.4 Å². The van der Waals surface area contributed by atoms with E-state index in [4.69, 9.17) is 0 Å². The molecule has 5 heteroatoms. The van der Waals surface area contributed by atoms with Crippen LogP contribution < -0.4 is 0 Å². The van der Waals surface area contributed by atoms with Gasteiger partial charge in [-0.05, 0) is 42.3 Å². The van der Waals surface area contributed by atoms with Crippen LogP contribution in [0, 0.1) is 10.1 Å². The summed E-state index contributed by atoms with van der Waals surface area (Å²) in [4.78, 5) is 12.0. The first-order valence-corrected chi connectivity index (χ1v) is 6.77. The quantitative estimate of drug-likeness (QED) is 0.509. The zero-order valence-corrected chi connectivity index (χ0v) is 11.5. The summed E-state index contributed by atoms with van der Waals surface area (Å²) in [6.45, 7) is 3.66. The second-order valence-corrected chi connectivity index (χ2v) is 5.28. The molecule has 20 heavy (non-hydrogen) atoms. The van der Waals surface area contributed by atoms with Gasteiger partial charge >= 0.3 is 0 Å². The van der Waals surface area contributed by atoms with Gasteiger partial charge in [0, 0.05) is 21.9 Å². The van der Waals surface area contributed by atoms with E-state index in [-0.39, 0.29) is 11.4 Å². The average Bonchev–Trinajstić information content (AvgIpc) is 2.43. The molecule has 0 fully saturated rings. The van der Waals surface area contributed by atoms with Crippen molar-refractivity contribution in [1.29, 1.82) is 0 Å². The first-order chi connectivity index (χ1) is 9.60. The number of nitro benzene ring substituents is 1. The number of nitrogens with zero attached hydrogens (tertiary/aromatic N) is 1. The third-order valence-corrected chi connectivity index (χ3v) is 3.70. The molecule has 0 aliphatic carbocycles. The standard InChI is InChI=1S/C15H13NO3S/c1-2-3-11-10-14(8-9-15(11)17)20-13-6-4-12(5-7-13)16(18)19/h2,4-10,17H,1,3H2. The number of hydrogen-bond donors (Lipinski definition) is 1. The van der Waals surface area contributed by atoms with E-state index < -0.39 is 4.92 Å². The number of benzene rings is 2. The number of phenols is 1. The molecule has 102 valence electrons. The molecular formula is C15H13NO3S. The highest BCUT2D eigenvalue weighted by Gasteiger charge is 2.06. The lowest BCUT2D eigenvalue weighted by atomic mass is 10.1. The molecule has 2 aromatic carbocycles. The number of phenolic OH excluding ortho intramolecular Hbond substituents is 1. The van der Waals surface area contributed by atoms with E-state index in [1.807, 2.05) is 12.1 Å². The first-order valence-electron chi connectivity index (χ1n) is 5.95. The Bertz CT molecular complexity index is 638. The molecule has 2 rings (SSSR count). The highest BCUT2D eigenvalue weighted by Crippen LogP contribution is 2.32. The van der Waals surface area contributed by atoms with Gasteiger partial charge in [0.05, 0.1) is 4.92 Å². The van der Waals surface area contributed by atoms with Gasteiger partial charge in [0.1, 0.15) is 5.75 Å². The van der Waals surface area contributed by atoms with E-state index in [9.17, 15) is 15.2 Å². The molecule has 0 atom stereocenters. The molecule has 0 saturated heterocycles. The van der Waals surface area contributed by atoms with E-state index in [1.54, 1.807) is 24.3 Å². The van der Waals surface area contributed by atoms with Crippen molar-refractivity contribution in [2.24, 2.45) is 0 Å². The van der Waals surface area contributed by atoms with Crippen molar-refractivity contribution in [1.82, 2.24) is 0 Å².